The van der Waals surface area contributed by atoms with E-state index in [-0.39, 0.29) is 11.5 Å². The molecule has 1 heterocycles. The zero-order valence-electron chi connectivity index (χ0n) is 11.2. The molecule has 0 saturated heterocycles. The highest BCUT2D eigenvalue weighted by atomic mass is 16.5. The van der Waals surface area contributed by atoms with Crippen molar-refractivity contribution >= 4 is 11.5 Å². The van der Waals surface area contributed by atoms with Crippen molar-refractivity contribution in [1.82, 2.24) is 9.55 Å². The first-order chi connectivity index (χ1) is 9.04. The minimum absolute atomic E-state index is 0.166. The van der Waals surface area contributed by atoms with Crippen LogP contribution in [0.25, 0.3) is 0 Å². The smallest absolute Gasteiger partial charge is 0.330 e. The Kier molecular flexibility index (Phi) is 3.94. The molecule has 1 aliphatic rings. The van der Waals surface area contributed by atoms with Crippen LogP contribution in [0.15, 0.2) is 9.59 Å². The molecule has 4 N–H and O–H groups in total. The molecule has 7 nitrogen and oxygen atoms in total. The van der Waals surface area contributed by atoms with E-state index in [0.717, 1.165) is 6.42 Å². The number of nitrogen functional groups attached to an aromatic ring is 1. The van der Waals surface area contributed by atoms with Gasteiger partial charge in [0, 0.05) is 13.7 Å². The Morgan fingerprint density at radius 3 is 2.79 bits per heavy atom. The van der Waals surface area contributed by atoms with Gasteiger partial charge in [-0.1, -0.05) is 6.92 Å². The van der Waals surface area contributed by atoms with Crippen molar-refractivity contribution in [3.05, 3.63) is 20.8 Å². The van der Waals surface area contributed by atoms with E-state index in [4.69, 9.17) is 10.5 Å². The second-order valence-corrected chi connectivity index (χ2v) is 5.02. The minimum Gasteiger partial charge on any atom is -0.383 e. The summed E-state index contributed by atoms with van der Waals surface area (Å²) >= 11 is 0. The van der Waals surface area contributed by atoms with Crippen LogP contribution < -0.4 is 22.3 Å². The molecule has 1 saturated carbocycles. The number of aromatic nitrogens is 2. The van der Waals surface area contributed by atoms with Crippen molar-refractivity contribution in [3.8, 4) is 0 Å². The highest BCUT2D eigenvalue weighted by molar-refractivity contribution is 5.60. The van der Waals surface area contributed by atoms with Crippen molar-refractivity contribution in [1.29, 1.82) is 0 Å². The molecule has 1 fully saturated rings. The van der Waals surface area contributed by atoms with Crippen LogP contribution in [0.5, 0.6) is 0 Å². The molecular weight excluding hydrogens is 248 g/mol. The van der Waals surface area contributed by atoms with E-state index >= 15 is 0 Å². The van der Waals surface area contributed by atoms with Crippen LogP contribution in [-0.2, 0) is 11.3 Å². The van der Waals surface area contributed by atoms with Crippen LogP contribution >= 0.6 is 0 Å². The molecular formula is C12H20N4O3. The van der Waals surface area contributed by atoms with Crippen molar-refractivity contribution in [2.24, 2.45) is 11.8 Å². The highest BCUT2D eigenvalue weighted by Gasteiger charge is 2.32. The van der Waals surface area contributed by atoms with Crippen LogP contribution in [0, 0.1) is 11.8 Å². The standard InChI is InChI=1S/C12H20N4O3/c1-7-5-8(7)6-14-9-10(13)16(3-4-19-2)12(18)15-11(9)17/h7-8,14H,3-6,13H2,1-2H3,(H,15,17,18). The lowest BCUT2D eigenvalue weighted by atomic mass is 10.3. The van der Waals surface area contributed by atoms with Gasteiger partial charge >= 0.3 is 5.69 Å². The predicted octanol–water partition coefficient (Wildman–Crippen LogP) is -0.167. The van der Waals surface area contributed by atoms with Crippen LogP contribution in [0.2, 0.25) is 0 Å². The molecule has 2 atom stereocenters. The number of nitrogens with zero attached hydrogens (tertiary/aromatic N) is 1. The Bertz CT molecular complexity index is 563. The van der Waals surface area contributed by atoms with Crippen molar-refractivity contribution in [2.45, 2.75) is 19.9 Å². The maximum absolute atomic E-state index is 11.8. The number of ether oxygens (including phenoxy) is 1. The zero-order valence-corrected chi connectivity index (χ0v) is 11.2. The summed E-state index contributed by atoms with van der Waals surface area (Å²) in [4.78, 5) is 25.7. The molecule has 1 aromatic rings. The minimum atomic E-state index is -0.509. The fourth-order valence-corrected chi connectivity index (χ4v) is 2.08. The van der Waals surface area contributed by atoms with Crippen LogP contribution in [0.1, 0.15) is 13.3 Å². The van der Waals surface area contributed by atoms with Gasteiger partial charge in [-0.25, -0.2) is 4.79 Å². The summed E-state index contributed by atoms with van der Waals surface area (Å²) in [6.07, 6.45) is 1.16. The number of anilines is 2. The molecule has 0 aliphatic heterocycles. The summed E-state index contributed by atoms with van der Waals surface area (Å²) in [6.45, 7) is 3.54. The van der Waals surface area contributed by atoms with Gasteiger partial charge in [-0.15, -0.1) is 0 Å². The van der Waals surface area contributed by atoms with E-state index in [2.05, 4.69) is 17.2 Å². The third-order valence-electron chi connectivity index (χ3n) is 3.58. The third kappa shape index (κ3) is 2.98. The molecule has 0 aromatic carbocycles. The third-order valence-corrected chi connectivity index (χ3v) is 3.58. The molecule has 106 valence electrons. The topological polar surface area (TPSA) is 102 Å². The van der Waals surface area contributed by atoms with Crippen LogP contribution in [0.3, 0.4) is 0 Å². The first-order valence-electron chi connectivity index (χ1n) is 6.40. The zero-order chi connectivity index (χ0) is 14.0. The van der Waals surface area contributed by atoms with E-state index in [1.807, 2.05) is 0 Å². The second-order valence-electron chi connectivity index (χ2n) is 5.02. The monoisotopic (exact) mass is 268 g/mol. The second kappa shape index (κ2) is 5.48. The summed E-state index contributed by atoms with van der Waals surface area (Å²) in [7, 11) is 1.54. The van der Waals surface area contributed by atoms with Crippen molar-refractivity contribution in [2.75, 3.05) is 31.3 Å². The number of rotatable bonds is 6. The SMILES string of the molecule is COCCn1c(N)c(NCC2CC2C)c(=O)[nH]c1=O. The number of methoxy groups -OCH3 is 1. The number of nitrogens with two attached hydrogens (primary N) is 1. The van der Waals surface area contributed by atoms with Gasteiger partial charge in [-0.05, 0) is 18.3 Å². The van der Waals surface area contributed by atoms with E-state index in [9.17, 15) is 9.59 Å². The van der Waals surface area contributed by atoms with Crippen LogP contribution in [-0.4, -0.2) is 29.8 Å². The quantitative estimate of drug-likeness (QED) is 0.665. The van der Waals surface area contributed by atoms with Gasteiger partial charge in [-0.2, -0.15) is 0 Å². The van der Waals surface area contributed by atoms with Gasteiger partial charge in [0.25, 0.3) is 5.56 Å². The molecule has 19 heavy (non-hydrogen) atoms. The Hall–Kier alpha value is -1.76. The number of nitrogens with one attached hydrogen (secondary N) is 2. The first kappa shape index (κ1) is 13.7. The lowest BCUT2D eigenvalue weighted by molar-refractivity contribution is 0.186. The van der Waals surface area contributed by atoms with Gasteiger partial charge in [0.15, 0.2) is 0 Å². The Morgan fingerprint density at radius 2 is 2.21 bits per heavy atom. The molecule has 0 radical (unpaired) electrons. The summed E-state index contributed by atoms with van der Waals surface area (Å²) in [6, 6.07) is 0. The molecule has 0 amide bonds. The maximum atomic E-state index is 11.8. The van der Waals surface area contributed by atoms with E-state index < -0.39 is 11.2 Å². The summed E-state index contributed by atoms with van der Waals surface area (Å²) in [5.41, 5.74) is 5.19. The van der Waals surface area contributed by atoms with Gasteiger partial charge in [-0.3, -0.25) is 14.3 Å². The molecule has 1 aliphatic carbocycles. The average molecular weight is 268 g/mol. The van der Waals surface area contributed by atoms with Crippen LogP contribution in [0.4, 0.5) is 11.5 Å². The van der Waals surface area contributed by atoms with Crippen molar-refractivity contribution in [3.63, 3.8) is 0 Å². The molecule has 2 rings (SSSR count). The number of H-pyrrole nitrogens is 1. The normalized spacial score (nSPS) is 21.4. The molecule has 7 heteroatoms. The average Bonchev–Trinajstić information content (AvgIpc) is 3.04. The van der Waals surface area contributed by atoms with Gasteiger partial charge in [0.2, 0.25) is 0 Å². The highest BCUT2D eigenvalue weighted by Crippen LogP contribution is 2.37. The molecule has 0 spiro atoms. The van der Waals surface area contributed by atoms with Gasteiger partial charge in [0.05, 0.1) is 13.2 Å². The number of aromatic amines is 1. The maximum Gasteiger partial charge on any atom is 0.330 e. The fraction of sp³-hybridized carbons (Fsp3) is 0.667. The Balaban J connectivity index is 2.21. The lowest BCUT2D eigenvalue weighted by Gasteiger charge is -2.13. The lowest BCUT2D eigenvalue weighted by Crippen LogP contribution is -2.35. The molecule has 0 bridgehead atoms. The summed E-state index contributed by atoms with van der Waals surface area (Å²) < 4.78 is 6.23. The Morgan fingerprint density at radius 1 is 1.53 bits per heavy atom. The number of hydrogen-bond donors (Lipinski definition) is 3. The fourth-order valence-electron chi connectivity index (χ4n) is 2.08. The largest absolute Gasteiger partial charge is 0.383 e. The summed E-state index contributed by atoms with van der Waals surface area (Å²) in [5, 5.41) is 3.05. The van der Waals surface area contributed by atoms with Gasteiger partial charge < -0.3 is 15.8 Å². The Labute approximate surface area is 110 Å². The first-order valence-corrected chi connectivity index (χ1v) is 6.40. The molecule has 1 aromatic heterocycles. The predicted molar refractivity (Wildman–Crippen MR) is 73.4 cm³/mol. The van der Waals surface area contributed by atoms with E-state index in [1.165, 1.54) is 4.57 Å². The van der Waals surface area contributed by atoms with Crippen molar-refractivity contribution < 1.29 is 4.74 Å². The van der Waals surface area contributed by atoms with Gasteiger partial charge in [0.1, 0.15) is 11.5 Å². The summed E-state index contributed by atoms with van der Waals surface area (Å²) in [5.74, 6) is 1.43. The van der Waals surface area contributed by atoms with E-state index in [0.29, 0.717) is 31.5 Å². The van der Waals surface area contributed by atoms with E-state index in [1.54, 1.807) is 7.11 Å². The number of hydrogen-bond acceptors (Lipinski definition) is 5. The molecule has 2 unspecified atom stereocenters.